The van der Waals surface area contributed by atoms with Crippen LogP contribution in [-0.4, -0.2) is 36.3 Å². The predicted octanol–water partition coefficient (Wildman–Crippen LogP) is 2.39. The van der Waals surface area contributed by atoms with Crippen LogP contribution in [0.5, 0.6) is 0 Å². The summed E-state index contributed by atoms with van der Waals surface area (Å²) in [6.07, 6.45) is 1.04. The third-order valence-electron chi connectivity index (χ3n) is 3.30. The van der Waals surface area contributed by atoms with Crippen LogP contribution in [0.2, 0.25) is 0 Å². The topological polar surface area (TPSA) is 54.5 Å². The van der Waals surface area contributed by atoms with Gasteiger partial charge in [-0.1, -0.05) is 12.1 Å². The molecule has 1 rings (SSSR count). The summed E-state index contributed by atoms with van der Waals surface area (Å²) in [5.74, 6) is -0.862. The number of hydrogen-bond acceptors (Lipinski definition) is 3. The van der Waals surface area contributed by atoms with Gasteiger partial charge in [-0.3, -0.25) is 4.79 Å². The zero-order chi connectivity index (χ0) is 16.4. The van der Waals surface area contributed by atoms with Gasteiger partial charge < -0.3 is 4.90 Å². The van der Waals surface area contributed by atoms with E-state index in [1.807, 2.05) is 20.8 Å². The van der Waals surface area contributed by atoms with Crippen LogP contribution in [0.4, 0.5) is 4.39 Å². The quantitative estimate of drug-likeness (QED) is 0.857. The van der Waals surface area contributed by atoms with Crippen LogP contribution in [-0.2, 0) is 21.2 Å². The molecule has 0 aliphatic rings. The summed E-state index contributed by atoms with van der Waals surface area (Å²) >= 11 is 0. The first-order chi connectivity index (χ1) is 9.43. The molecule has 0 spiro atoms. The number of sulfone groups is 1. The van der Waals surface area contributed by atoms with E-state index in [-0.39, 0.29) is 12.4 Å². The van der Waals surface area contributed by atoms with Gasteiger partial charge in [-0.05, 0) is 45.4 Å². The fourth-order valence-electron chi connectivity index (χ4n) is 1.87. The lowest BCUT2D eigenvalue weighted by Crippen LogP contribution is -2.50. The Morgan fingerprint density at radius 3 is 2.33 bits per heavy atom. The third-order valence-corrected chi connectivity index (χ3v) is 4.78. The van der Waals surface area contributed by atoms with E-state index in [1.165, 1.54) is 24.0 Å². The minimum absolute atomic E-state index is 0.167. The highest BCUT2D eigenvalue weighted by Gasteiger charge is 2.34. The Morgan fingerprint density at radius 1 is 1.33 bits per heavy atom. The smallest absolute Gasteiger partial charge is 0.241 e. The number of hydrogen-bond donors (Lipinski definition) is 0. The SMILES string of the molecule is CC(C(=O)N(Cc1cccc(F)c1)C(C)(C)C)S(C)(=O)=O. The van der Waals surface area contributed by atoms with Crippen molar-refractivity contribution in [2.75, 3.05) is 6.26 Å². The maximum Gasteiger partial charge on any atom is 0.241 e. The van der Waals surface area contributed by atoms with Crippen molar-refractivity contribution in [3.8, 4) is 0 Å². The molecule has 6 heteroatoms. The number of benzene rings is 1. The maximum atomic E-state index is 13.3. The van der Waals surface area contributed by atoms with Gasteiger partial charge in [0.1, 0.15) is 11.1 Å². The predicted molar refractivity (Wildman–Crippen MR) is 81.0 cm³/mol. The second-order valence-electron chi connectivity index (χ2n) is 6.20. The van der Waals surface area contributed by atoms with E-state index in [4.69, 9.17) is 0 Å². The lowest BCUT2D eigenvalue weighted by atomic mass is 10.0. The Kier molecular flexibility index (Phi) is 5.15. The van der Waals surface area contributed by atoms with E-state index in [0.717, 1.165) is 6.26 Å². The van der Waals surface area contributed by atoms with Gasteiger partial charge in [0, 0.05) is 18.3 Å². The standard InChI is InChI=1S/C15H22FNO3S/c1-11(21(5,19)20)14(18)17(15(2,3)4)10-12-7-6-8-13(16)9-12/h6-9,11H,10H2,1-5H3. The summed E-state index contributed by atoms with van der Waals surface area (Å²) in [7, 11) is -3.47. The molecule has 0 saturated heterocycles. The molecule has 4 nitrogen and oxygen atoms in total. The van der Waals surface area contributed by atoms with Crippen molar-refractivity contribution in [3.63, 3.8) is 0 Å². The second-order valence-corrected chi connectivity index (χ2v) is 8.56. The second kappa shape index (κ2) is 6.13. The minimum atomic E-state index is -3.47. The van der Waals surface area contributed by atoms with Gasteiger partial charge in [-0.25, -0.2) is 12.8 Å². The Labute approximate surface area is 125 Å². The summed E-state index contributed by atoms with van der Waals surface area (Å²) in [6, 6.07) is 5.94. The molecule has 0 aliphatic heterocycles. The Bertz CT molecular complexity index is 620. The molecule has 21 heavy (non-hydrogen) atoms. The van der Waals surface area contributed by atoms with E-state index < -0.39 is 26.5 Å². The lowest BCUT2D eigenvalue weighted by molar-refractivity contribution is -0.136. The maximum absolute atomic E-state index is 13.3. The molecule has 1 aromatic rings. The van der Waals surface area contributed by atoms with E-state index in [9.17, 15) is 17.6 Å². The van der Waals surface area contributed by atoms with Crippen molar-refractivity contribution in [3.05, 3.63) is 35.6 Å². The Balaban J connectivity index is 3.11. The van der Waals surface area contributed by atoms with Gasteiger partial charge in [0.15, 0.2) is 9.84 Å². The number of nitrogens with zero attached hydrogens (tertiary/aromatic N) is 1. The third kappa shape index (κ3) is 4.81. The van der Waals surface area contributed by atoms with Gasteiger partial charge in [0.05, 0.1) is 0 Å². The molecule has 0 aliphatic carbocycles. The van der Waals surface area contributed by atoms with Crippen LogP contribution in [0.15, 0.2) is 24.3 Å². The summed E-state index contributed by atoms with van der Waals surface area (Å²) in [5, 5.41) is -1.12. The van der Waals surface area contributed by atoms with Gasteiger partial charge in [0.25, 0.3) is 0 Å². The summed E-state index contributed by atoms with van der Waals surface area (Å²) in [4.78, 5) is 13.9. The van der Waals surface area contributed by atoms with Gasteiger partial charge in [0.2, 0.25) is 5.91 Å². The first kappa shape index (κ1) is 17.6. The monoisotopic (exact) mass is 315 g/mol. The zero-order valence-electron chi connectivity index (χ0n) is 13.1. The van der Waals surface area contributed by atoms with Crippen molar-refractivity contribution in [1.29, 1.82) is 0 Å². The number of rotatable bonds is 4. The molecule has 1 aromatic carbocycles. The Hall–Kier alpha value is -1.43. The van der Waals surface area contributed by atoms with Crippen LogP contribution in [0.25, 0.3) is 0 Å². The van der Waals surface area contributed by atoms with E-state index >= 15 is 0 Å². The van der Waals surface area contributed by atoms with Crippen molar-refractivity contribution < 1.29 is 17.6 Å². The molecule has 1 amide bonds. The first-order valence-electron chi connectivity index (χ1n) is 6.67. The number of halogens is 1. The first-order valence-corrected chi connectivity index (χ1v) is 8.63. The molecule has 0 saturated carbocycles. The van der Waals surface area contributed by atoms with Crippen LogP contribution >= 0.6 is 0 Å². The highest BCUT2D eigenvalue weighted by Crippen LogP contribution is 2.20. The fourth-order valence-corrected chi connectivity index (χ4v) is 2.36. The average Bonchev–Trinajstić information content (AvgIpc) is 2.32. The molecule has 0 fully saturated rings. The highest BCUT2D eigenvalue weighted by atomic mass is 32.2. The van der Waals surface area contributed by atoms with E-state index in [0.29, 0.717) is 5.56 Å². The van der Waals surface area contributed by atoms with Crippen LogP contribution in [0, 0.1) is 5.82 Å². The van der Waals surface area contributed by atoms with Crippen LogP contribution in [0.3, 0.4) is 0 Å². The molecule has 0 aromatic heterocycles. The van der Waals surface area contributed by atoms with Crippen molar-refractivity contribution in [2.24, 2.45) is 0 Å². The van der Waals surface area contributed by atoms with Crippen molar-refractivity contribution >= 4 is 15.7 Å². The van der Waals surface area contributed by atoms with E-state index in [1.54, 1.807) is 12.1 Å². The molecule has 0 radical (unpaired) electrons. The number of amides is 1. The zero-order valence-corrected chi connectivity index (χ0v) is 13.9. The molecule has 0 N–H and O–H groups in total. The molecule has 1 unspecified atom stereocenters. The minimum Gasteiger partial charge on any atom is -0.332 e. The van der Waals surface area contributed by atoms with Crippen LogP contribution < -0.4 is 0 Å². The van der Waals surface area contributed by atoms with Gasteiger partial charge >= 0.3 is 0 Å². The summed E-state index contributed by atoms with van der Waals surface area (Å²) in [6.45, 7) is 7.00. The average molecular weight is 315 g/mol. The number of carbonyl (C=O) groups excluding carboxylic acids is 1. The highest BCUT2D eigenvalue weighted by molar-refractivity contribution is 7.92. The fraction of sp³-hybridized carbons (Fsp3) is 0.533. The molecule has 0 bridgehead atoms. The van der Waals surface area contributed by atoms with Crippen molar-refractivity contribution in [2.45, 2.75) is 45.0 Å². The normalized spacial score (nSPS) is 13.8. The van der Waals surface area contributed by atoms with Crippen LogP contribution in [0.1, 0.15) is 33.3 Å². The lowest BCUT2D eigenvalue weighted by Gasteiger charge is -2.37. The Morgan fingerprint density at radius 2 is 1.90 bits per heavy atom. The molecular formula is C15H22FNO3S. The molecule has 118 valence electrons. The number of carbonyl (C=O) groups is 1. The molecule has 0 heterocycles. The van der Waals surface area contributed by atoms with Gasteiger partial charge in [-0.2, -0.15) is 0 Å². The largest absolute Gasteiger partial charge is 0.332 e. The van der Waals surface area contributed by atoms with E-state index in [2.05, 4.69) is 0 Å². The summed E-state index contributed by atoms with van der Waals surface area (Å²) < 4.78 is 36.5. The molecular weight excluding hydrogens is 293 g/mol. The molecule has 1 atom stereocenters. The van der Waals surface area contributed by atoms with Crippen molar-refractivity contribution in [1.82, 2.24) is 4.90 Å². The summed E-state index contributed by atoms with van der Waals surface area (Å²) in [5.41, 5.74) is 0.0569. The van der Waals surface area contributed by atoms with Gasteiger partial charge in [-0.15, -0.1) is 0 Å².